The van der Waals surface area contributed by atoms with Crippen LogP contribution >= 0.6 is 0 Å². The van der Waals surface area contributed by atoms with E-state index >= 15 is 0 Å². The van der Waals surface area contributed by atoms with Crippen LogP contribution in [-0.2, 0) is 6.42 Å². The Kier molecular flexibility index (Phi) is 5.96. The lowest BCUT2D eigenvalue weighted by atomic mass is 10.1. The van der Waals surface area contributed by atoms with Crippen molar-refractivity contribution in [1.29, 1.82) is 0 Å². The zero-order valence-corrected chi connectivity index (χ0v) is 13.2. The normalized spacial score (nSPS) is 11.0. The average molecular weight is 323 g/mol. The maximum Gasteiger partial charge on any atom is 0.276 e. The van der Waals surface area contributed by atoms with Crippen molar-refractivity contribution in [2.24, 2.45) is 5.10 Å². The van der Waals surface area contributed by atoms with Crippen LogP contribution in [0.2, 0.25) is 0 Å². The van der Waals surface area contributed by atoms with E-state index in [1.807, 2.05) is 19.1 Å². The van der Waals surface area contributed by atoms with Gasteiger partial charge in [0, 0.05) is 17.8 Å². The molecule has 24 heavy (non-hydrogen) atoms. The molecule has 6 nitrogen and oxygen atoms in total. The fraction of sp³-hybridized carbons (Fsp3) is 0.111. The number of nitro benzene ring substituents is 1. The number of allylic oxidation sites excluding steroid dienone is 1. The number of nitrogens with zero attached hydrogens (tertiary/aromatic N) is 2. The molecule has 2 aromatic rings. The molecule has 0 atom stereocenters. The van der Waals surface area contributed by atoms with Crippen LogP contribution in [0.3, 0.4) is 0 Å². The van der Waals surface area contributed by atoms with Gasteiger partial charge in [0.15, 0.2) is 0 Å². The largest absolute Gasteiger partial charge is 0.276 e. The third kappa shape index (κ3) is 4.61. The first kappa shape index (κ1) is 17.1. The first-order chi connectivity index (χ1) is 11.6. The predicted molar refractivity (Wildman–Crippen MR) is 93.9 cm³/mol. The second-order valence-electron chi connectivity index (χ2n) is 4.94. The highest BCUT2D eigenvalue weighted by Gasteiger charge is 2.08. The van der Waals surface area contributed by atoms with Crippen LogP contribution in [0.1, 0.15) is 28.4 Å². The van der Waals surface area contributed by atoms with Crippen molar-refractivity contribution in [3.63, 3.8) is 0 Å². The molecule has 2 aromatic carbocycles. The Morgan fingerprint density at radius 1 is 1.21 bits per heavy atom. The Labute approximate surface area is 139 Å². The van der Waals surface area contributed by atoms with Gasteiger partial charge in [0.1, 0.15) is 0 Å². The lowest BCUT2D eigenvalue weighted by Gasteiger charge is -2.00. The number of nitro groups is 1. The van der Waals surface area contributed by atoms with Gasteiger partial charge in [-0.1, -0.05) is 31.2 Å². The first-order valence-electron chi connectivity index (χ1n) is 7.44. The fourth-order valence-corrected chi connectivity index (χ4v) is 2.04. The number of aryl methyl sites for hydroxylation is 1. The second kappa shape index (κ2) is 8.38. The molecule has 0 saturated heterocycles. The van der Waals surface area contributed by atoms with Crippen LogP contribution in [0.4, 0.5) is 5.69 Å². The van der Waals surface area contributed by atoms with E-state index < -0.39 is 4.92 Å². The molecular formula is C18H17N3O3. The molecule has 0 aliphatic rings. The van der Waals surface area contributed by atoms with E-state index in [1.54, 1.807) is 36.4 Å². The van der Waals surface area contributed by atoms with Gasteiger partial charge >= 0.3 is 0 Å². The molecule has 1 N–H and O–H groups in total. The summed E-state index contributed by atoms with van der Waals surface area (Å²) in [4.78, 5) is 22.3. The lowest BCUT2D eigenvalue weighted by Crippen LogP contribution is -2.17. The molecule has 6 heteroatoms. The third-order valence-corrected chi connectivity index (χ3v) is 3.36. The van der Waals surface area contributed by atoms with Crippen LogP contribution in [0.15, 0.2) is 59.7 Å². The fourth-order valence-electron chi connectivity index (χ4n) is 2.04. The molecule has 0 radical (unpaired) electrons. The summed E-state index contributed by atoms with van der Waals surface area (Å²) in [7, 11) is 0. The molecule has 2 rings (SSSR count). The molecule has 0 fully saturated rings. The third-order valence-electron chi connectivity index (χ3n) is 3.36. The van der Waals surface area contributed by atoms with Crippen molar-refractivity contribution in [2.75, 3.05) is 0 Å². The summed E-state index contributed by atoms with van der Waals surface area (Å²) in [6.45, 7) is 2.04. The molecule has 0 spiro atoms. The Balaban J connectivity index is 1.94. The van der Waals surface area contributed by atoms with Gasteiger partial charge in [-0.2, -0.15) is 5.10 Å². The minimum Gasteiger partial charge on any atom is -0.267 e. The topological polar surface area (TPSA) is 84.6 Å². The highest BCUT2D eigenvalue weighted by molar-refractivity contribution is 5.94. The molecule has 0 unspecified atom stereocenters. The van der Waals surface area contributed by atoms with Gasteiger partial charge in [-0.05, 0) is 42.3 Å². The SMILES string of the molecule is CCc1ccc(C(=O)N/N=C\C=C\c2ccccc2[N+](=O)[O-])cc1. The van der Waals surface area contributed by atoms with E-state index in [0.29, 0.717) is 11.1 Å². The molecule has 0 aliphatic heterocycles. The smallest absolute Gasteiger partial charge is 0.267 e. The molecule has 0 aromatic heterocycles. The Morgan fingerprint density at radius 2 is 1.92 bits per heavy atom. The van der Waals surface area contributed by atoms with Gasteiger partial charge in [-0.3, -0.25) is 14.9 Å². The van der Waals surface area contributed by atoms with E-state index in [-0.39, 0.29) is 11.6 Å². The van der Waals surface area contributed by atoms with Crippen molar-refractivity contribution in [2.45, 2.75) is 13.3 Å². The lowest BCUT2D eigenvalue weighted by molar-refractivity contribution is -0.385. The van der Waals surface area contributed by atoms with Crippen molar-refractivity contribution < 1.29 is 9.72 Å². The number of hydrogen-bond donors (Lipinski definition) is 1. The van der Waals surface area contributed by atoms with E-state index in [9.17, 15) is 14.9 Å². The number of rotatable bonds is 6. The van der Waals surface area contributed by atoms with E-state index in [2.05, 4.69) is 10.5 Å². The zero-order chi connectivity index (χ0) is 17.4. The van der Waals surface area contributed by atoms with Crippen molar-refractivity contribution in [3.05, 3.63) is 81.4 Å². The molecule has 0 aliphatic carbocycles. The summed E-state index contributed by atoms with van der Waals surface area (Å²) >= 11 is 0. The maximum atomic E-state index is 11.9. The monoisotopic (exact) mass is 323 g/mol. The number of nitrogens with one attached hydrogen (secondary N) is 1. The average Bonchev–Trinajstić information content (AvgIpc) is 2.61. The Bertz CT molecular complexity index is 780. The van der Waals surface area contributed by atoms with Crippen molar-refractivity contribution in [1.82, 2.24) is 5.43 Å². The van der Waals surface area contributed by atoms with E-state index in [4.69, 9.17) is 0 Å². The van der Waals surface area contributed by atoms with Crippen LogP contribution in [0.5, 0.6) is 0 Å². The van der Waals surface area contributed by atoms with Crippen molar-refractivity contribution >= 4 is 23.9 Å². The molecule has 0 saturated carbocycles. The maximum absolute atomic E-state index is 11.9. The second-order valence-corrected chi connectivity index (χ2v) is 4.94. The number of amides is 1. The predicted octanol–water partition coefficient (Wildman–Crippen LogP) is 3.59. The van der Waals surface area contributed by atoms with Gasteiger partial charge in [0.25, 0.3) is 11.6 Å². The van der Waals surface area contributed by atoms with Gasteiger partial charge < -0.3 is 0 Å². The van der Waals surface area contributed by atoms with Crippen molar-refractivity contribution in [3.8, 4) is 0 Å². The number of benzene rings is 2. The first-order valence-corrected chi connectivity index (χ1v) is 7.44. The highest BCUT2D eigenvalue weighted by atomic mass is 16.6. The number of carbonyl (C=O) groups is 1. The molecule has 0 bridgehead atoms. The van der Waals surface area contributed by atoms with Gasteiger partial charge in [-0.15, -0.1) is 0 Å². The minimum atomic E-state index is -0.446. The van der Waals surface area contributed by atoms with E-state index in [1.165, 1.54) is 18.4 Å². The van der Waals surface area contributed by atoms with Gasteiger partial charge in [0.05, 0.1) is 10.5 Å². The van der Waals surface area contributed by atoms with Gasteiger partial charge in [-0.25, -0.2) is 5.43 Å². The number of carbonyl (C=O) groups excluding carboxylic acids is 1. The summed E-state index contributed by atoms with van der Waals surface area (Å²) in [5.74, 6) is -0.312. The van der Waals surface area contributed by atoms with Crippen LogP contribution < -0.4 is 5.43 Å². The summed E-state index contributed by atoms with van der Waals surface area (Å²) < 4.78 is 0. The van der Waals surface area contributed by atoms with Gasteiger partial charge in [0.2, 0.25) is 0 Å². The summed E-state index contributed by atoms with van der Waals surface area (Å²) in [5, 5.41) is 14.7. The standard InChI is InChI=1S/C18H17N3O3/c1-2-14-9-11-16(12-10-14)18(22)20-19-13-5-7-15-6-3-4-8-17(15)21(23)24/h3-13H,2H2,1H3,(H,20,22)/b7-5+,19-13-. The minimum absolute atomic E-state index is 0.0159. The summed E-state index contributed by atoms with van der Waals surface area (Å²) in [6, 6.07) is 13.7. The number of hydrazone groups is 1. The zero-order valence-electron chi connectivity index (χ0n) is 13.2. The summed E-state index contributed by atoms with van der Waals surface area (Å²) in [5.41, 5.74) is 4.56. The van der Waals surface area contributed by atoms with Crippen LogP contribution in [0.25, 0.3) is 6.08 Å². The summed E-state index contributed by atoms with van der Waals surface area (Å²) in [6.07, 6.45) is 5.37. The molecule has 122 valence electrons. The number of para-hydroxylation sites is 1. The molecule has 0 heterocycles. The number of hydrogen-bond acceptors (Lipinski definition) is 4. The molecule has 1 amide bonds. The molecular weight excluding hydrogens is 306 g/mol. The highest BCUT2D eigenvalue weighted by Crippen LogP contribution is 2.18. The Hall–Kier alpha value is -3.28. The van der Waals surface area contributed by atoms with Crippen LogP contribution in [0, 0.1) is 10.1 Å². The van der Waals surface area contributed by atoms with E-state index in [0.717, 1.165) is 12.0 Å². The van der Waals surface area contributed by atoms with Crippen LogP contribution in [-0.4, -0.2) is 17.0 Å². The Morgan fingerprint density at radius 3 is 2.58 bits per heavy atom. The quantitative estimate of drug-likeness (QED) is 0.501.